The van der Waals surface area contributed by atoms with Crippen molar-refractivity contribution in [2.45, 2.75) is 0 Å². The van der Waals surface area contributed by atoms with Crippen molar-refractivity contribution < 1.29 is 23.1 Å². The molecular weight excluding hydrogens is 348 g/mol. The summed E-state index contributed by atoms with van der Waals surface area (Å²) in [5, 5.41) is 0.310. The number of furan rings is 1. The van der Waals surface area contributed by atoms with Gasteiger partial charge in [0.25, 0.3) is 0 Å². The summed E-state index contributed by atoms with van der Waals surface area (Å²) in [7, 11) is 1.53. The van der Waals surface area contributed by atoms with Crippen LogP contribution in [0.2, 0.25) is 0 Å². The molecule has 6 heteroatoms. The first-order valence-corrected chi connectivity index (χ1v) is 8.13. The van der Waals surface area contributed by atoms with Crippen LogP contribution in [-0.2, 0) is 0 Å². The topological polar surface area (TPSA) is 78.9 Å². The minimum atomic E-state index is -0.687. The molecule has 0 N–H and O–H groups in total. The Morgan fingerprint density at radius 1 is 0.963 bits per heavy atom. The van der Waals surface area contributed by atoms with E-state index < -0.39 is 11.4 Å². The molecule has 4 rings (SSSR count). The van der Waals surface area contributed by atoms with Gasteiger partial charge in [0.2, 0.25) is 16.9 Å². The number of para-hydroxylation sites is 1. The van der Waals surface area contributed by atoms with Crippen LogP contribution in [-0.4, -0.2) is 13.1 Å². The highest BCUT2D eigenvalue weighted by Crippen LogP contribution is 2.31. The molecule has 4 aromatic rings. The van der Waals surface area contributed by atoms with Crippen LogP contribution in [0.5, 0.6) is 11.5 Å². The highest BCUT2D eigenvalue weighted by Gasteiger charge is 2.22. The second-order valence-corrected chi connectivity index (χ2v) is 5.68. The zero-order chi connectivity index (χ0) is 18.8. The van der Waals surface area contributed by atoms with E-state index >= 15 is 0 Å². The lowest BCUT2D eigenvalue weighted by molar-refractivity contribution is 0.0731. The molecule has 2 aromatic carbocycles. The predicted molar refractivity (Wildman–Crippen MR) is 98.1 cm³/mol. The van der Waals surface area contributed by atoms with Gasteiger partial charge in [-0.05, 0) is 48.5 Å². The molecule has 0 aliphatic heterocycles. The Morgan fingerprint density at radius 2 is 1.74 bits per heavy atom. The SMILES string of the molecule is COc1ccc(C(=O)Oc2c(-c3ccco3)oc3ccccc3c2=O)cc1. The van der Waals surface area contributed by atoms with Gasteiger partial charge >= 0.3 is 5.97 Å². The molecule has 0 amide bonds. The Bertz CT molecular complexity index is 1150. The third-order valence-electron chi connectivity index (χ3n) is 4.02. The van der Waals surface area contributed by atoms with E-state index in [-0.39, 0.29) is 22.8 Å². The molecule has 0 saturated carbocycles. The summed E-state index contributed by atoms with van der Waals surface area (Å²) in [4.78, 5) is 25.5. The molecule has 134 valence electrons. The molecule has 0 aliphatic carbocycles. The van der Waals surface area contributed by atoms with Crippen LogP contribution in [0.4, 0.5) is 0 Å². The quantitative estimate of drug-likeness (QED) is 0.504. The third-order valence-corrected chi connectivity index (χ3v) is 4.02. The van der Waals surface area contributed by atoms with E-state index in [9.17, 15) is 9.59 Å². The summed E-state index contributed by atoms with van der Waals surface area (Å²) < 4.78 is 21.6. The maximum Gasteiger partial charge on any atom is 0.343 e. The summed E-state index contributed by atoms with van der Waals surface area (Å²) >= 11 is 0. The Balaban J connectivity index is 1.82. The lowest BCUT2D eigenvalue weighted by Gasteiger charge is -2.09. The molecule has 0 fully saturated rings. The number of esters is 1. The van der Waals surface area contributed by atoms with Gasteiger partial charge in [0.05, 0.1) is 24.3 Å². The van der Waals surface area contributed by atoms with E-state index in [1.807, 2.05) is 0 Å². The van der Waals surface area contributed by atoms with Crippen LogP contribution in [0.1, 0.15) is 10.4 Å². The maximum absolute atomic E-state index is 12.9. The number of hydrogen-bond donors (Lipinski definition) is 0. The second kappa shape index (κ2) is 6.84. The smallest absolute Gasteiger partial charge is 0.343 e. The molecular formula is C21H14O6. The zero-order valence-electron chi connectivity index (χ0n) is 14.3. The lowest BCUT2D eigenvalue weighted by atomic mass is 10.2. The molecule has 0 bridgehead atoms. The van der Waals surface area contributed by atoms with E-state index in [0.29, 0.717) is 16.7 Å². The van der Waals surface area contributed by atoms with Gasteiger partial charge in [-0.2, -0.15) is 0 Å². The van der Waals surface area contributed by atoms with E-state index in [1.165, 1.54) is 13.4 Å². The van der Waals surface area contributed by atoms with Crippen LogP contribution < -0.4 is 14.9 Å². The number of hydrogen-bond acceptors (Lipinski definition) is 6. The average Bonchev–Trinajstić information content (AvgIpc) is 3.24. The van der Waals surface area contributed by atoms with Gasteiger partial charge in [-0.3, -0.25) is 4.79 Å². The Morgan fingerprint density at radius 3 is 2.44 bits per heavy atom. The van der Waals surface area contributed by atoms with Crippen molar-refractivity contribution in [3.8, 4) is 23.0 Å². The van der Waals surface area contributed by atoms with E-state index in [0.717, 1.165) is 0 Å². The lowest BCUT2D eigenvalue weighted by Crippen LogP contribution is -2.16. The summed E-state index contributed by atoms with van der Waals surface area (Å²) in [6.45, 7) is 0. The first-order chi connectivity index (χ1) is 13.2. The van der Waals surface area contributed by atoms with Crippen molar-refractivity contribution in [2.75, 3.05) is 7.11 Å². The van der Waals surface area contributed by atoms with Gasteiger partial charge in [-0.15, -0.1) is 0 Å². The number of fused-ring (bicyclic) bond motifs is 1. The molecule has 0 radical (unpaired) electrons. The van der Waals surface area contributed by atoms with Gasteiger partial charge in [0, 0.05) is 0 Å². The van der Waals surface area contributed by atoms with E-state index in [1.54, 1.807) is 60.7 Å². The summed E-state index contributed by atoms with van der Waals surface area (Å²) in [6, 6.07) is 16.4. The number of carbonyl (C=O) groups is 1. The fourth-order valence-electron chi connectivity index (χ4n) is 2.67. The predicted octanol–water partition coefficient (Wildman–Crippen LogP) is 4.28. The number of methoxy groups -OCH3 is 1. The van der Waals surface area contributed by atoms with Crippen molar-refractivity contribution in [3.05, 3.63) is 82.7 Å². The molecule has 0 spiro atoms. The van der Waals surface area contributed by atoms with Crippen molar-refractivity contribution >= 4 is 16.9 Å². The largest absolute Gasteiger partial charge is 0.497 e. The molecule has 2 aromatic heterocycles. The minimum absolute atomic E-state index is 0.0607. The summed E-state index contributed by atoms with van der Waals surface area (Å²) in [5.41, 5.74) is 0.192. The van der Waals surface area contributed by atoms with Crippen molar-refractivity contribution in [1.82, 2.24) is 0 Å². The van der Waals surface area contributed by atoms with Crippen LogP contribution in [0.3, 0.4) is 0 Å². The molecule has 0 saturated heterocycles. The van der Waals surface area contributed by atoms with Crippen LogP contribution >= 0.6 is 0 Å². The van der Waals surface area contributed by atoms with Gasteiger partial charge in [-0.25, -0.2) is 4.79 Å². The van der Waals surface area contributed by atoms with E-state index in [2.05, 4.69) is 0 Å². The fraction of sp³-hybridized carbons (Fsp3) is 0.0476. The number of carbonyl (C=O) groups excluding carboxylic acids is 1. The first kappa shape index (κ1) is 16.7. The molecule has 0 atom stereocenters. The highest BCUT2D eigenvalue weighted by molar-refractivity contribution is 5.92. The fourth-order valence-corrected chi connectivity index (χ4v) is 2.67. The number of benzene rings is 2. The maximum atomic E-state index is 12.9. The van der Waals surface area contributed by atoms with Crippen molar-refractivity contribution in [1.29, 1.82) is 0 Å². The number of rotatable bonds is 4. The van der Waals surface area contributed by atoms with Gasteiger partial charge in [0.1, 0.15) is 11.3 Å². The van der Waals surface area contributed by atoms with Crippen molar-refractivity contribution in [2.24, 2.45) is 0 Å². The summed E-state index contributed by atoms with van der Waals surface area (Å²) in [6.07, 6.45) is 1.44. The molecule has 0 aliphatic rings. The van der Waals surface area contributed by atoms with Gasteiger partial charge in [-0.1, -0.05) is 12.1 Å². The standard InChI is InChI=1S/C21H14O6/c1-24-14-10-8-13(9-11-14)21(23)27-20-18(22)15-5-2-3-6-16(15)26-19(20)17-7-4-12-25-17/h2-12H,1H3. The summed E-state index contributed by atoms with van der Waals surface area (Å²) in [5.74, 6) is 0.0477. The van der Waals surface area contributed by atoms with Gasteiger partial charge in [0.15, 0.2) is 5.76 Å². The number of ether oxygens (including phenoxy) is 2. The highest BCUT2D eigenvalue weighted by atomic mass is 16.5. The monoisotopic (exact) mass is 362 g/mol. The normalized spacial score (nSPS) is 10.7. The Kier molecular flexibility index (Phi) is 4.22. The first-order valence-electron chi connectivity index (χ1n) is 8.13. The molecule has 2 heterocycles. The van der Waals surface area contributed by atoms with Crippen LogP contribution in [0, 0.1) is 0 Å². The van der Waals surface area contributed by atoms with Crippen molar-refractivity contribution in [3.63, 3.8) is 0 Å². The zero-order valence-corrected chi connectivity index (χ0v) is 14.3. The van der Waals surface area contributed by atoms with Gasteiger partial charge < -0.3 is 18.3 Å². The Hall–Kier alpha value is -3.80. The molecule has 27 heavy (non-hydrogen) atoms. The third kappa shape index (κ3) is 3.08. The Labute approximate surface area is 153 Å². The van der Waals surface area contributed by atoms with E-state index in [4.69, 9.17) is 18.3 Å². The molecule has 6 nitrogen and oxygen atoms in total. The minimum Gasteiger partial charge on any atom is -0.497 e. The van der Waals surface area contributed by atoms with Crippen LogP contribution in [0.15, 0.2) is 80.6 Å². The second-order valence-electron chi connectivity index (χ2n) is 5.68. The average molecular weight is 362 g/mol. The van der Waals surface area contributed by atoms with Crippen LogP contribution in [0.25, 0.3) is 22.5 Å². The molecule has 0 unspecified atom stereocenters.